The third kappa shape index (κ3) is 3.97. The van der Waals surface area contributed by atoms with E-state index in [1.165, 1.54) is 12.8 Å². The SMILES string of the molecule is Cc1ccc(NC(=O)CC(C)C2CCCNC2)c(C)c1O. The molecule has 2 rings (SSSR count). The molecule has 21 heavy (non-hydrogen) atoms. The van der Waals surface area contributed by atoms with Crippen molar-refractivity contribution in [3.63, 3.8) is 0 Å². The van der Waals surface area contributed by atoms with E-state index >= 15 is 0 Å². The van der Waals surface area contributed by atoms with Crippen LogP contribution in [0.1, 0.15) is 37.3 Å². The Balaban J connectivity index is 1.94. The molecule has 4 heteroatoms. The van der Waals surface area contributed by atoms with Gasteiger partial charge in [-0.15, -0.1) is 0 Å². The van der Waals surface area contributed by atoms with Crippen molar-refractivity contribution in [2.45, 2.75) is 40.0 Å². The van der Waals surface area contributed by atoms with Crippen molar-refractivity contribution >= 4 is 11.6 Å². The minimum Gasteiger partial charge on any atom is -0.507 e. The summed E-state index contributed by atoms with van der Waals surface area (Å²) in [6.07, 6.45) is 2.92. The molecule has 0 bridgehead atoms. The normalized spacial score (nSPS) is 20.0. The first-order valence-electron chi connectivity index (χ1n) is 7.78. The molecule has 0 aliphatic carbocycles. The number of hydrogen-bond acceptors (Lipinski definition) is 3. The lowest BCUT2D eigenvalue weighted by molar-refractivity contribution is -0.117. The van der Waals surface area contributed by atoms with Gasteiger partial charge in [0.2, 0.25) is 5.91 Å². The van der Waals surface area contributed by atoms with Crippen LogP contribution in [0, 0.1) is 25.7 Å². The fourth-order valence-corrected chi connectivity index (χ4v) is 3.00. The van der Waals surface area contributed by atoms with Crippen LogP contribution >= 0.6 is 0 Å². The number of phenols is 1. The molecule has 2 unspecified atom stereocenters. The highest BCUT2D eigenvalue weighted by molar-refractivity contribution is 5.92. The maximum absolute atomic E-state index is 12.2. The van der Waals surface area contributed by atoms with Gasteiger partial charge in [-0.3, -0.25) is 4.79 Å². The van der Waals surface area contributed by atoms with Crippen LogP contribution in [0.25, 0.3) is 0 Å². The number of aryl methyl sites for hydroxylation is 1. The smallest absolute Gasteiger partial charge is 0.224 e. The third-order valence-electron chi connectivity index (χ3n) is 4.55. The van der Waals surface area contributed by atoms with Crippen LogP contribution < -0.4 is 10.6 Å². The molecule has 2 atom stereocenters. The molecule has 116 valence electrons. The molecule has 4 nitrogen and oxygen atoms in total. The Morgan fingerprint density at radius 1 is 1.48 bits per heavy atom. The summed E-state index contributed by atoms with van der Waals surface area (Å²) in [6.45, 7) is 7.94. The molecule has 3 N–H and O–H groups in total. The van der Waals surface area contributed by atoms with Crippen LogP contribution in [0.3, 0.4) is 0 Å². The Morgan fingerprint density at radius 3 is 2.90 bits per heavy atom. The average molecular weight is 290 g/mol. The van der Waals surface area contributed by atoms with E-state index in [2.05, 4.69) is 17.6 Å². The zero-order valence-electron chi connectivity index (χ0n) is 13.2. The molecular weight excluding hydrogens is 264 g/mol. The number of benzene rings is 1. The second-order valence-corrected chi connectivity index (χ2v) is 6.24. The van der Waals surface area contributed by atoms with Gasteiger partial charge >= 0.3 is 0 Å². The third-order valence-corrected chi connectivity index (χ3v) is 4.55. The van der Waals surface area contributed by atoms with E-state index in [1.807, 2.05) is 26.0 Å². The minimum absolute atomic E-state index is 0.0272. The number of hydrogen-bond donors (Lipinski definition) is 3. The van der Waals surface area contributed by atoms with E-state index < -0.39 is 0 Å². The van der Waals surface area contributed by atoms with Crippen LogP contribution in [0.15, 0.2) is 12.1 Å². The Labute approximate surface area is 126 Å². The van der Waals surface area contributed by atoms with E-state index in [1.54, 1.807) is 0 Å². The molecule has 0 spiro atoms. The van der Waals surface area contributed by atoms with Gasteiger partial charge < -0.3 is 15.7 Å². The van der Waals surface area contributed by atoms with Crippen molar-refractivity contribution < 1.29 is 9.90 Å². The summed E-state index contributed by atoms with van der Waals surface area (Å²) in [7, 11) is 0. The first-order valence-corrected chi connectivity index (χ1v) is 7.78. The van der Waals surface area contributed by atoms with Crippen LogP contribution in [-0.2, 0) is 4.79 Å². The molecule has 1 fully saturated rings. The standard InChI is InChI=1S/C17H26N2O2/c1-11-6-7-15(13(3)17(11)21)19-16(20)9-12(2)14-5-4-8-18-10-14/h6-7,12,14,18,21H,4-5,8-10H2,1-3H3,(H,19,20). The molecule has 1 aliphatic heterocycles. The number of amides is 1. The molecule has 1 amide bonds. The van der Waals surface area contributed by atoms with E-state index in [9.17, 15) is 9.90 Å². The van der Waals surface area contributed by atoms with Crippen LogP contribution in [-0.4, -0.2) is 24.1 Å². The van der Waals surface area contributed by atoms with Gasteiger partial charge in [-0.25, -0.2) is 0 Å². The highest BCUT2D eigenvalue weighted by atomic mass is 16.3. The number of phenolic OH excluding ortho intramolecular Hbond substituents is 1. The van der Waals surface area contributed by atoms with Crippen molar-refractivity contribution in [1.29, 1.82) is 0 Å². The molecule has 1 aromatic rings. The average Bonchev–Trinajstić information content (AvgIpc) is 2.49. The van der Waals surface area contributed by atoms with Gasteiger partial charge in [-0.1, -0.05) is 13.0 Å². The number of anilines is 1. The summed E-state index contributed by atoms with van der Waals surface area (Å²) in [5.41, 5.74) is 2.26. The lowest BCUT2D eigenvalue weighted by atomic mass is 9.85. The predicted molar refractivity (Wildman–Crippen MR) is 85.6 cm³/mol. The van der Waals surface area contributed by atoms with Gasteiger partial charge in [0.05, 0.1) is 0 Å². The van der Waals surface area contributed by atoms with Crippen molar-refractivity contribution in [2.75, 3.05) is 18.4 Å². The van der Waals surface area contributed by atoms with Gasteiger partial charge in [0.1, 0.15) is 5.75 Å². The van der Waals surface area contributed by atoms with Gasteiger partial charge in [-0.05, 0) is 63.2 Å². The predicted octanol–water partition coefficient (Wildman–Crippen LogP) is 2.97. The van der Waals surface area contributed by atoms with Crippen molar-refractivity contribution in [1.82, 2.24) is 5.32 Å². The van der Waals surface area contributed by atoms with Gasteiger partial charge in [0, 0.05) is 17.7 Å². The quantitative estimate of drug-likeness (QED) is 0.799. The number of piperidine rings is 1. The van der Waals surface area contributed by atoms with Crippen molar-refractivity contribution in [3.8, 4) is 5.75 Å². The maximum atomic E-state index is 12.2. The monoisotopic (exact) mass is 290 g/mol. The lowest BCUT2D eigenvalue weighted by Crippen LogP contribution is -2.34. The highest BCUT2D eigenvalue weighted by Crippen LogP contribution is 2.29. The van der Waals surface area contributed by atoms with Crippen LogP contribution in [0.2, 0.25) is 0 Å². The summed E-state index contributed by atoms with van der Waals surface area (Å²) in [4.78, 5) is 12.2. The van der Waals surface area contributed by atoms with Crippen molar-refractivity contribution in [3.05, 3.63) is 23.3 Å². The summed E-state index contributed by atoms with van der Waals surface area (Å²) < 4.78 is 0. The Kier molecular flexibility index (Phi) is 5.23. The number of aromatic hydroxyl groups is 1. The number of carbonyl (C=O) groups excluding carboxylic acids is 1. The Bertz CT molecular complexity index is 508. The fourth-order valence-electron chi connectivity index (χ4n) is 3.00. The van der Waals surface area contributed by atoms with Gasteiger partial charge in [0.25, 0.3) is 0 Å². The first kappa shape index (κ1) is 15.8. The zero-order chi connectivity index (χ0) is 15.4. The fraction of sp³-hybridized carbons (Fsp3) is 0.588. The molecule has 1 saturated heterocycles. The van der Waals surface area contributed by atoms with Gasteiger partial charge in [-0.2, -0.15) is 0 Å². The lowest BCUT2D eigenvalue weighted by Gasteiger charge is -2.28. The topological polar surface area (TPSA) is 61.4 Å². The molecule has 1 aliphatic rings. The highest BCUT2D eigenvalue weighted by Gasteiger charge is 2.22. The number of carbonyl (C=O) groups is 1. The summed E-state index contributed by atoms with van der Waals surface area (Å²) in [5.74, 6) is 1.24. The van der Waals surface area contributed by atoms with E-state index in [-0.39, 0.29) is 11.7 Å². The minimum atomic E-state index is 0.0272. The van der Waals surface area contributed by atoms with Gasteiger partial charge in [0.15, 0.2) is 0 Å². The zero-order valence-corrected chi connectivity index (χ0v) is 13.2. The van der Waals surface area contributed by atoms with Crippen LogP contribution in [0.5, 0.6) is 5.75 Å². The van der Waals surface area contributed by atoms with E-state index in [0.29, 0.717) is 23.9 Å². The Morgan fingerprint density at radius 2 is 2.24 bits per heavy atom. The number of rotatable bonds is 4. The molecule has 0 aromatic heterocycles. The van der Waals surface area contributed by atoms with E-state index in [4.69, 9.17) is 0 Å². The molecule has 1 heterocycles. The largest absolute Gasteiger partial charge is 0.507 e. The Hall–Kier alpha value is -1.55. The second-order valence-electron chi connectivity index (χ2n) is 6.24. The molecule has 0 saturated carbocycles. The first-order chi connectivity index (χ1) is 9.99. The molecular formula is C17H26N2O2. The molecule has 1 aromatic carbocycles. The van der Waals surface area contributed by atoms with Crippen LogP contribution in [0.4, 0.5) is 5.69 Å². The van der Waals surface area contributed by atoms with Crippen molar-refractivity contribution in [2.24, 2.45) is 11.8 Å². The van der Waals surface area contributed by atoms with E-state index in [0.717, 1.165) is 24.2 Å². The maximum Gasteiger partial charge on any atom is 0.224 e. The molecule has 0 radical (unpaired) electrons. The summed E-state index contributed by atoms with van der Waals surface area (Å²) in [6, 6.07) is 3.68. The summed E-state index contributed by atoms with van der Waals surface area (Å²) >= 11 is 0. The number of nitrogens with one attached hydrogen (secondary N) is 2. The second kappa shape index (κ2) is 6.94. The summed E-state index contributed by atoms with van der Waals surface area (Å²) in [5, 5.41) is 16.3.